The van der Waals surface area contributed by atoms with Gasteiger partial charge in [0.25, 0.3) is 0 Å². The van der Waals surface area contributed by atoms with E-state index in [1.807, 2.05) is 0 Å². The molecule has 2 aromatic rings. The molecule has 0 aliphatic rings. The molecule has 0 spiro atoms. The number of hydrogen-bond acceptors (Lipinski definition) is 2. The molecule has 0 aromatic heterocycles. The first-order valence-corrected chi connectivity index (χ1v) is 6.89. The molecule has 0 saturated heterocycles. The van der Waals surface area contributed by atoms with E-state index in [0.29, 0.717) is 20.8 Å². The van der Waals surface area contributed by atoms with Gasteiger partial charge in [0, 0.05) is 11.1 Å². The number of halogens is 4. The highest BCUT2D eigenvalue weighted by Crippen LogP contribution is 2.35. The van der Waals surface area contributed by atoms with Crippen molar-refractivity contribution in [3.63, 3.8) is 0 Å². The van der Waals surface area contributed by atoms with Crippen molar-refractivity contribution in [1.82, 2.24) is 0 Å². The van der Waals surface area contributed by atoms with Crippen LogP contribution in [0.15, 0.2) is 34.8 Å². The Bertz CT molecular complexity index is 694. The molecular weight excluding hydrogens is 370 g/mol. The monoisotopic (exact) mass is 376 g/mol. The molecule has 0 saturated carbocycles. The van der Waals surface area contributed by atoms with Gasteiger partial charge in [-0.2, -0.15) is 0 Å². The molecule has 3 N–H and O–H groups in total. The molecule has 0 aliphatic carbocycles. The molecule has 0 aliphatic heterocycles. The van der Waals surface area contributed by atoms with E-state index in [4.69, 9.17) is 39.1 Å². The zero-order chi connectivity index (χ0) is 14.9. The van der Waals surface area contributed by atoms with Crippen molar-refractivity contribution in [2.75, 3.05) is 0 Å². The molecule has 3 nitrogen and oxygen atoms in total. The van der Waals surface area contributed by atoms with Crippen molar-refractivity contribution in [2.45, 2.75) is 0 Å². The van der Waals surface area contributed by atoms with Crippen molar-refractivity contribution < 1.29 is 9.13 Å². The average Bonchev–Trinajstić information content (AvgIpc) is 2.37. The summed E-state index contributed by atoms with van der Waals surface area (Å²) < 4.78 is 19.5. The summed E-state index contributed by atoms with van der Waals surface area (Å²) >= 11 is 14.7. The van der Waals surface area contributed by atoms with Gasteiger partial charge in [0.15, 0.2) is 0 Å². The maximum atomic E-state index is 13.5. The van der Waals surface area contributed by atoms with Gasteiger partial charge in [-0.3, -0.25) is 5.41 Å². The van der Waals surface area contributed by atoms with Gasteiger partial charge in [-0.15, -0.1) is 0 Å². The van der Waals surface area contributed by atoms with E-state index in [-0.39, 0.29) is 16.6 Å². The van der Waals surface area contributed by atoms with Crippen LogP contribution in [0.1, 0.15) is 5.56 Å². The summed E-state index contributed by atoms with van der Waals surface area (Å²) in [5.41, 5.74) is 5.79. The fourth-order valence-electron chi connectivity index (χ4n) is 1.50. The van der Waals surface area contributed by atoms with Crippen LogP contribution in [0.25, 0.3) is 0 Å². The minimum absolute atomic E-state index is 0.0212. The SMILES string of the molecule is N=C(N)c1cc(Cl)ccc1Oc1cc(F)c(Cl)cc1Br. The number of hydrogen-bond donors (Lipinski definition) is 2. The minimum atomic E-state index is -0.608. The van der Waals surface area contributed by atoms with Crippen LogP contribution >= 0.6 is 39.1 Å². The van der Waals surface area contributed by atoms with Gasteiger partial charge >= 0.3 is 0 Å². The lowest BCUT2D eigenvalue weighted by Crippen LogP contribution is -2.12. The predicted molar refractivity (Wildman–Crippen MR) is 81.7 cm³/mol. The minimum Gasteiger partial charge on any atom is -0.455 e. The summed E-state index contributed by atoms with van der Waals surface area (Å²) in [7, 11) is 0. The molecule has 0 radical (unpaired) electrons. The Morgan fingerprint density at radius 2 is 1.90 bits per heavy atom. The summed E-state index contributed by atoms with van der Waals surface area (Å²) in [4.78, 5) is 0. The Kier molecular flexibility index (Phi) is 4.52. The number of nitrogen functional groups attached to an aromatic ring is 1. The third-order valence-electron chi connectivity index (χ3n) is 2.43. The number of nitrogens with two attached hydrogens (primary N) is 1. The number of benzene rings is 2. The second kappa shape index (κ2) is 5.99. The Hall–Kier alpha value is -1.30. The highest BCUT2D eigenvalue weighted by molar-refractivity contribution is 9.10. The lowest BCUT2D eigenvalue weighted by Gasteiger charge is -2.12. The highest BCUT2D eigenvalue weighted by Gasteiger charge is 2.13. The number of ether oxygens (including phenoxy) is 1. The van der Waals surface area contributed by atoms with Crippen LogP contribution in [-0.2, 0) is 0 Å². The fraction of sp³-hybridized carbons (Fsp3) is 0. The van der Waals surface area contributed by atoms with Crippen LogP contribution in [0.3, 0.4) is 0 Å². The van der Waals surface area contributed by atoms with Gasteiger partial charge in [0.2, 0.25) is 0 Å². The van der Waals surface area contributed by atoms with Gasteiger partial charge in [-0.25, -0.2) is 4.39 Å². The third kappa shape index (κ3) is 3.23. The standard InChI is InChI=1S/C13H8BrCl2FN2O/c14-8-4-9(16)10(17)5-12(8)20-11-2-1-6(15)3-7(11)13(18)19/h1-5H,(H3,18,19). The van der Waals surface area contributed by atoms with E-state index in [1.54, 1.807) is 12.1 Å². The van der Waals surface area contributed by atoms with Gasteiger partial charge in [0.1, 0.15) is 23.2 Å². The van der Waals surface area contributed by atoms with Crippen molar-refractivity contribution >= 4 is 45.0 Å². The summed E-state index contributed by atoms with van der Waals surface area (Å²) in [6.07, 6.45) is 0. The van der Waals surface area contributed by atoms with Gasteiger partial charge < -0.3 is 10.5 Å². The number of rotatable bonds is 3. The Morgan fingerprint density at radius 1 is 1.20 bits per heavy atom. The quantitative estimate of drug-likeness (QED) is 0.450. The molecule has 0 heterocycles. The number of amidine groups is 1. The van der Waals surface area contributed by atoms with E-state index in [0.717, 1.165) is 6.07 Å². The van der Waals surface area contributed by atoms with Gasteiger partial charge in [-0.05, 0) is 40.2 Å². The Morgan fingerprint density at radius 3 is 2.55 bits per heavy atom. The molecule has 104 valence electrons. The van der Waals surface area contributed by atoms with Crippen LogP contribution in [0.5, 0.6) is 11.5 Å². The lowest BCUT2D eigenvalue weighted by molar-refractivity contribution is 0.472. The molecule has 2 rings (SSSR count). The molecule has 20 heavy (non-hydrogen) atoms. The van der Waals surface area contributed by atoms with E-state index in [1.165, 1.54) is 12.1 Å². The Balaban J connectivity index is 2.45. The largest absolute Gasteiger partial charge is 0.455 e. The lowest BCUT2D eigenvalue weighted by atomic mass is 10.2. The average molecular weight is 378 g/mol. The van der Waals surface area contributed by atoms with Crippen LogP contribution < -0.4 is 10.5 Å². The molecule has 0 unspecified atom stereocenters. The molecule has 7 heteroatoms. The number of nitrogens with one attached hydrogen (secondary N) is 1. The van der Waals surface area contributed by atoms with Crippen LogP contribution in [0, 0.1) is 11.2 Å². The third-order valence-corrected chi connectivity index (χ3v) is 3.57. The zero-order valence-corrected chi connectivity index (χ0v) is 13.0. The first-order chi connectivity index (χ1) is 9.38. The van der Waals surface area contributed by atoms with Crippen LogP contribution in [-0.4, -0.2) is 5.84 Å². The first-order valence-electron chi connectivity index (χ1n) is 5.35. The molecule has 0 fully saturated rings. The van der Waals surface area contributed by atoms with E-state index >= 15 is 0 Å². The summed E-state index contributed by atoms with van der Waals surface area (Å²) in [5.74, 6) is -0.294. The second-order valence-corrected chi connectivity index (χ2v) is 5.55. The normalized spacial score (nSPS) is 10.4. The maximum Gasteiger partial charge on any atom is 0.145 e. The van der Waals surface area contributed by atoms with Gasteiger partial charge in [0.05, 0.1) is 15.1 Å². The summed E-state index contributed by atoms with van der Waals surface area (Å²) in [6.45, 7) is 0. The molecule has 2 aromatic carbocycles. The highest BCUT2D eigenvalue weighted by atomic mass is 79.9. The zero-order valence-electron chi connectivity index (χ0n) is 9.88. The molecule has 0 atom stereocenters. The summed E-state index contributed by atoms with van der Waals surface area (Å²) in [5, 5.41) is 7.90. The van der Waals surface area contributed by atoms with E-state index in [2.05, 4.69) is 15.9 Å². The predicted octanol–water partition coefficient (Wildman–Crippen LogP) is 4.97. The van der Waals surface area contributed by atoms with Crippen LogP contribution in [0.2, 0.25) is 10.0 Å². The molecule has 0 amide bonds. The van der Waals surface area contributed by atoms with Crippen LogP contribution in [0.4, 0.5) is 4.39 Å². The smallest absolute Gasteiger partial charge is 0.145 e. The van der Waals surface area contributed by atoms with E-state index < -0.39 is 5.82 Å². The second-order valence-electron chi connectivity index (χ2n) is 3.85. The van der Waals surface area contributed by atoms with E-state index in [9.17, 15) is 4.39 Å². The topological polar surface area (TPSA) is 59.1 Å². The van der Waals surface area contributed by atoms with Crippen molar-refractivity contribution in [1.29, 1.82) is 5.41 Å². The fourth-order valence-corrected chi connectivity index (χ4v) is 2.39. The van der Waals surface area contributed by atoms with Crippen molar-refractivity contribution in [3.8, 4) is 11.5 Å². The van der Waals surface area contributed by atoms with Gasteiger partial charge in [-0.1, -0.05) is 23.2 Å². The first kappa shape index (κ1) is 15.1. The molecule has 0 bridgehead atoms. The molecular formula is C13H8BrCl2FN2O. The maximum absolute atomic E-state index is 13.5. The Labute approximate surface area is 133 Å². The summed E-state index contributed by atoms with van der Waals surface area (Å²) in [6, 6.07) is 7.17. The van der Waals surface area contributed by atoms with Crippen molar-refractivity contribution in [3.05, 3.63) is 56.2 Å². The van der Waals surface area contributed by atoms with Crippen molar-refractivity contribution in [2.24, 2.45) is 5.73 Å².